The maximum Gasteiger partial charge on any atom is 0.319 e. The Balaban J connectivity index is 1.43. The Morgan fingerprint density at radius 1 is 1.04 bits per heavy atom. The van der Waals surface area contributed by atoms with Crippen LogP contribution in [-0.4, -0.2) is 18.2 Å². The number of anilines is 1. The van der Waals surface area contributed by atoms with Gasteiger partial charge in [-0.25, -0.2) is 9.18 Å². The van der Waals surface area contributed by atoms with E-state index in [1.54, 1.807) is 12.1 Å². The van der Waals surface area contributed by atoms with Gasteiger partial charge in [-0.15, -0.1) is 0 Å². The Kier molecular flexibility index (Phi) is 5.91. The number of nitrogens with one attached hydrogen (secondary N) is 2. The monoisotopic (exact) mass is 406 g/mol. The fourth-order valence-electron chi connectivity index (χ4n) is 2.94. The van der Waals surface area contributed by atoms with Crippen molar-refractivity contribution < 1.29 is 13.9 Å². The third-order valence-corrected chi connectivity index (χ3v) is 4.94. The summed E-state index contributed by atoms with van der Waals surface area (Å²) in [5, 5.41) is 5.86. The molecule has 0 saturated heterocycles. The molecule has 2 aromatic carbocycles. The number of ether oxygens (including phenoxy) is 1. The quantitative estimate of drug-likeness (QED) is 0.741. The molecule has 1 saturated carbocycles. The summed E-state index contributed by atoms with van der Waals surface area (Å²) in [6.45, 7) is 0. The van der Waals surface area contributed by atoms with E-state index >= 15 is 0 Å². The number of para-hydroxylation sites is 1. The van der Waals surface area contributed by atoms with Crippen LogP contribution in [0.15, 0.2) is 53.0 Å². The van der Waals surface area contributed by atoms with Gasteiger partial charge in [-0.1, -0.05) is 12.1 Å². The van der Waals surface area contributed by atoms with Crippen LogP contribution in [0.2, 0.25) is 0 Å². The van der Waals surface area contributed by atoms with Crippen LogP contribution in [0.4, 0.5) is 14.9 Å². The number of hydrogen-bond donors (Lipinski definition) is 2. The molecule has 0 heterocycles. The summed E-state index contributed by atoms with van der Waals surface area (Å²) >= 11 is 3.41. The molecule has 0 radical (unpaired) electrons. The van der Waals surface area contributed by atoms with Gasteiger partial charge in [-0.05, 0) is 78.0 Å². The Morgan fingerprint density at radius 3 is 2.40 bits per heavy atom. The van der Waals surface area contributed by atoms with Crippen molar-refractivity contribution in [3.8, 4) is 5.75 Å². The van der Waals surface area contributed by atoms with E-state index in [4.69, 9.17) is 4.74 Å². The summed E-state index contributed by atoms with van der Waals surface area (Å²) in [6.07, 6.45) is 3.54. The van der Waals surface area contributed by atoms with E-state index in [1.807, 2.05) is 24.3 Å². The van der Waals surface area contributed by atoms with Gasteiger partial charge in [0, 0.05) is 10.5 Å². The number of urea groups is 1. The van der Waals surface area contributed by atoms with Crippen molar-refractivity contribution in [1.29, 1.82) is 0 Å². The van der Waals surface area contributed by atoms with Gasteiger partial charge in [-0.2, -0.15) is 0 Å². The summed E-state index contributed by atoms with van der Waals surface area (Å²) in [4.78, 5) is 12.1. The van der Waals surface area contributed by atoms with E-state index < -0.39 is 0 Å². The molecule has 1 aliphatic carbocycles. The minimum atomic E-state index is -0.267. The van der Waals surface area contributed by atoms with Gasteiger partial charge in [0.25, 0.3) is 0 Å². The van der Waals surface area contributed by atoms with E-state index in [1.165, 1.54) is 12.1 Å². The third-order valence-electron chi connectivity index (χ3n) is 4.25. The van der Waals surface area contributed by atoms with E-state index in [0.29, 0.717) is 5.75 Å². The molecular formula is C19H20BrFN2O2. The number of carbonyl (C=O) groups excluding carboxylic acids is 1. The molecule has 2 amide bonds. The van der Waals surface area contributed by atoms with Crippen LogP contribution in [-0.2, 0) is 0 Å². The first-order valence-corrected chi connectivity index (χ1v) is 9.14. The predicted octanol–water partition coefficient (Wildman–Crippen LogP) is 5.10. The average molecular weight is 407 g/mol. The zero-order valence-corrected chi connectivity index (χ0v) is 15.3. The van der Waals surface area contributed by atoms with Crippen LogP contribution < -0.4 is 15.4 Å². The van der Waals surface area contributed by atoms with E-state index in [9.17, 15) is 9.18 Å². The van der Waals surface area contributed by atoms with Gasteiger partial charge in [0.15, 0.2) is 0 Å². The molecule has 3 rings (SSSR count). The van der Waals surface area contributed by atoms with Crippen LogP contribution in [0.3, 0.4) is 0 Å². The summed E-state index contributed by atoms with van der Waals surface area (Å²) in [7, 11) is 0. The van der Waals surface area contributed by atoms with Crippen molar-refractivity contribution in [1.82, 2.24) is 5.32 Å². The highest BCUT2D eigenvalue weighted by molar-refractivity contribution is 9.10. The van der Waals surface area contributed by atoms with E-state index in [2.05, 4.69) is 26.6 Å². The van der Waals surface area contributed by atoms with Crippen LogP contribution in [0, 0.1) is 5.82 Å². The molecule has 0 aromatic heterocycles. The highest BCUT2D eigenvalue weighted by Crippen LogP contribution is 2.25. The molecule has 4 nitrogen and oxygen atoms in total. The molecule has 1 aliphatic rings. The Bertz CT molecular complexity index is 716. The predicted molar refractivity (Wildman–Crippen MR) is 99.4 cm³/mol. The molecular weight excluding hydrogens is 387 g/mol. The average Bonchev–Trinajstić information content (AvgIpc) is 2.61. The summed E-state index contributed by atoms with van der Waals surface area (Å²) in [5.74, 6) is 0.417. The lowest BCUT2D eigenvalue weighted by Crippen LogP contribution is -2.41. The maximum atomic E-state index is 12.9. The van der Waals surface area contributed by atoms with Crippen molar-refractivity contribution in [3.05, 3.63) is 58.8 Å². The Labute approximate surface area is 154 Å². The first kappa shape index (κ1) is 17.7. The largest absolute Gasteiger partial charge is 0.490 e. The lowest BCUT2D eigenvalue weighted by molar-refractivity contribution is 0.141. The molecule has 0 bridgehead atoms. The molecule has 1 fully saturated rings. The molecule has 2 N–H and O–H groups in total. The van der Waals surface area contributed by atoms with Gasteiger partial charge in [0.1, 0.15) is 11.6 Å². The van der Waals surface area contributed by atoms with Gasteiger partial charge in [0.2, 0.25) is 0 Å². The van der Waals surface area contributed by atoms with Crippen LogP contribution in [0.5, 0.6) is 5.75 Å². The Hall–Kier alpha value is -2.08. The number of halogens is 2. The van der Waals surface area contributed by atoms with Gasteiger partial charge in [0.05, 0.1) is 11.8 Å². The summed E-state index contributed by atoms with van der Waals surface area (Å²) in [5.41, 5.74) is 0.744. The molecule has 0 aliphatic heterocycles. The second-order valence-electron chi connectivity index (χ2n) is 6.12. The van der Waals surface area contributed by atoms with Crippen molar-refractivity contribution in [2.75, 3.05) is 5.32 Å². The van der Waals surface area contributed by atoms with Crippen LogP contribution in [0.1, 0.15) is 25.7 Å². The van der Waals surface area contributed by atoms with Crippen LogP contribution >= 0.6 is 15.9 Å². The maximum absolute atomic E-state index is 12.9. The minimum absolute atomic E-state index is 0.106. The molecule has 25 heavy (non-hydrogen) atoms. The molecule has 132 valence electrons. The molecule has 2 aromatic rings. The third kappa shape index (κ3) is 5.19. The lowest BCUT2D eigenvalue weighted by atomic mass is 9.93. The standard InChI is InChI=1S/C19H20BrFN2O2/c20-17-3-1-2-4-18(17)23-19(24)22-14-7-11-16(12-8-14)25-15-9-5-13(21)6-10-15/h1-6,9-10,14,16H,7-8,11-12H2,(H2,22,23,24). The van der Waals surface area contributed by atoms with Gasteiger partial charge in [-0.3, -0.25) is 0 Å². The van der Waals surface area contributed by atoms with Crippen molar-refractivity contribution >= 4 is 27.6 Å². The van der Waals surface area contributed by atoms with Crippen LogP contribution in [0.25, 0.3) is 0 Å². The highest BCUT2D eigenvalue weighted by atomic mass is 79.9. The summed E-state index contributed by atoms with van der Waals surface area (Å²) in [6, 6.07) is 13.5. The number of hydrogen-bond acceptors (Lipinski definition) is 2. The van der Waals surface area contributed by atoms with Crippen molar-refractivity contribution in [3.63, 3.8) is 0 Å². The summed E-state index contributed by atoms with van der Waals surface area (Å²) < 4.78 is 19.6. The number of carbonyl (C=O) groups is 1. The van der Waals surface area contributed by atoms with E-state index in [0.717, 1.165) is 35.8 Å². The number of rotatable bonds is 4. The second-order valence-corrected chi connectivity index (χ2v) is 6.98. The van der Waals surface area contributed by atoms with Gasteiger partial charge < -0.3 is 15.4 Å². The van der Waals surface area contributed by atoms with Crippen molar-refractivity contribution in [2.45, 2.75) is 37.8 Å². The van der Waals surface area contributed by atoms with E-state index in [-0.39, 0.29) is 24.0 Å². The van der Waals surface area contributed by atoms with Gasteiger partial charge >= 0.3 is 6.03 Å². The fourth-order valence-corrected chi connectivity index (χ4v) is 3.32. The molecule has 6 heteroatoms. The smallest absolute Gasteiger partial charge is 0.319 e. The minimum Gasteiger partial charge on any atom is -0.490 e. The zero-order chi connectivity index (χ0) is 17.6. The molecule has 0 unspecified atom stereocenters. The highest BCUT2D eigenvalue weighted by Gasteiger charge is 2.23. The molecule has 0 spiro atoms. The van der Waals surface area contributed by atoms with Crippen molar-refractivity contribution in [2.24, 2.45) is 0 Å². The first-order valence-electron chi connectivity index (χ1n) is 8.34. The number of benzene rings is 2. The molecule has 0 atom stereocenters. The topological polar surface area (TPSA) is 50.4 Å². The second kappa shape index (κ2) is 8.34. The first-order chi connectivity index (χ1) is 12.1. The number of amides is 2. The Morgan fingerprint density at radius 2 is 1.72 bits per heavy atom. The zero-order valence-electron chi connectivity index (χ0n) is 13.7. The fraction of sp³-hybridized carbons (Fsp3) is 0.316. The lowest BCUT2D eigenvalue weighted by Gasteiger charge is -2.29. The normalized spacial score (nSPS) is 19.9. The SMILES string of the molecule is O=C(Nc1ccccc1Br)NC1CCC(Oc2ccc(F)cc2)CC1.